The summed E-state index contributed by atoms with van der Waals surface area (Å²) in [6, 6.07) is 11.8. The summed E-state index contributed by atoms with van der Waals surface area (Å²) in [6.07, 6.45) is 0. The molecule has 0 aliphatic carbocycles. The van der Waals surface area contributed by atoms with E-state index < -0.39 is 4.92 Å². The van der Waals surface area contributed by atoms with Crippen LogP contribution in [0.5, 0.6) is 0 Å². The highest BCUT2D eigenvalue weighted by Gasteiger charge is 2.25. The largest absolute Gasteiger partial charge is 0.393 e. The van der Waals surface area contributed by atoms with E-state index in [1.807, 2.05) is 6.07 Å². The Labute approximate surface area is 135 Å². The van der Waals surface area contributed by atoms with E-state index in [9.17, 15) is 10.1 Å². The van der Waals surface area contributed by atoms with Crippen molar-refractivity contribution < 1.29 is 4.92 Å². The fourth-order valence-corrected chi connectivity index (χ4v) is 2.82. The van der Waals surface area contributed by atoms with Crippen LogP contribution >= 0.6 is 23.2 Å². The van der Waals surface area contributed by atoms with Crippen molar-refractivity contribution in [3.8, 4) is 11.3 Å². The molecule has 0 saturated carbocycles. The third-order valence-electron chi connectivity index (χ3n) is 3.25. The second-order valence-electron chi connectivity index (χ2n) is 4.63. The van der Waals surface area contributed by atoms with Crippen molar-refractivity contribution in [3.05, 3.63) is 62.6 Å². The zero-order chi connectivity index (χ0) is 15.9. The second kappa shape index (κ2) is 5.44. The number of hydrogen-bond donors (Lipinski definition) is 1. The van der Waals surface area contributed by atoms with Crippen molar-refractivity contribution >= 4 is 45.5 Å². The van der Waals surface area contributed by atoms with Crippen LogP contribution in [0.25, 0.3) is 22.2 Å². The molecule has 5 nitrogen and oxygen atoms in total. The lowest BCUT2D eigenvalue weighted by Gasteiger charge is -2.10. The van der Waals surface area contributed by atoms with Crippen LogP contribution in [0, 0.1) is 10.1 Å². The van der Waals surface area contributed by atoms with Crippen molar-refractivity contribution in [2.45, 2.75) is 0 Å². The van der Waals surface area contributed by atoms with E-state index in [0.717, 1.165) is 0 Å². The normalized spacial score (nSPS) is 10.8. The number of nitrogens with zero attached hydrogens (tertiary/aromatic N) is 2. The molecule has 0 bridgehead atoms. The first-order valence-electron chi connectivity index (χ1n) is 6.27. The molecular weight excluding hydrogens is 325 g/mol. The Hall–Kier alpha value is -2.37. The highest BCUT2D eigenvalue weighted by atomic mass is 35.5. The number of halogens is 2. The van der Waals surface area contributed by atoms with Gasteiger partial charge in [0.15, 0.2) is 5.69 Å². The van der Waals surface area contributed by atoms with Gasteiger partial charge in [0.2, 0.25) is 0 Å². The van der Waals surface area contributed by atoms with E-state index in [2.05, 4.69) is 4.98 Å². The summed E-state index contributed by atoms with van der Waals surface area (Å²) in [7, 11) is 0. The molecular formula is C15H9Cl2N3O2. The zero-order valence-corrected chi connectivity index (χ0v) is 12.6. The number of aromatic nitrogens is 1. The first-order valence-corrected chi connectivity index (χ1v) is 7.02. The molecule has 0 radical (unpaired) electrons. The lowest BCUT2D eigenvalue weighted by atomic mass is 10.1. The number of pyridine rings is 1. The Balaban J connectivity index is 2.46. The Morgan fingerprint density at radius 2 is 1.82 bits per heavy atom. The van der Waals surface area contributed by atoms with Crippen molar-refractivity contribution in [1.82, 2.24) is 4.98 Å². The molecule has 0 atom stereocenters. The summed E-state index contributed by atoms with van der Waals surface area (Å²) >= 11 is 12.1. The quantitative estimate of drug-likeness (QED) is 0.544. The summed E-state index contributed by atoms with van der Waals surface area (Å²) in [5, 5.41) is 12.4. The van der Waals surface area contributed by atoms with Gasteiger partial charge in [-0.2, -0.15) is 0 Å². The molecule has 22 heavy (non-hydrogen) atoms. The minimum atomic E-state index is -0.543. The molecule has 0 aliphatic heterocycles. The highest BCUT2D eigenvalue weighted by Crippen LogP contribution is 2.40. The third-order valence-corrected chi connectivity index (χ3v) is 3.76. The molecule has 0 aliphatic rings. The number of fused-ring (bicyclic) bond motifs is 1. The standard InChI is InChI=1S/C15H9Cl2N3O2/c16-9-6-10-12(18)15(20(21)22)13(8-4-2-1-3-5-8)19-14(10)11(17)7-9/h1-7H,(H2,18,19). The summed E-state index contributed by atoms with van der Waals surface area (Å²) in [5.41, 5.74) is 6.90. The molecule has 2 N–H and O–H groups in total. The SMILES string of the molecule is Nc1c([N+](=O)[O-])c(-c2ccccc2)nc2c(Cl)cc(Cl)cc12. The number of hydrogen-bond acceptors (Lipinski definition) is 4. The summed E-state index contributed by atoms with van der Waals surface area (Å²) in [5.74, 6) is 0. The maximum absolute atomic E-state index is 11.4. The maximum atomic E-state index is 11.4. The Morgan fingerprint density at radius 3 is 2.45 bits per heavy atom. The van der Waals surface area contributed by atoms with Gasteiger partial charge in [0.1, 0.15) is 5.69 Å². The molecule has 3 aromatic rings. The number of nitro groups is 1. The van der Waals surface area contributed by atoms with Crippen LogP contribution in [0.1, 0.15) is 0 Å². The van der Waals surface area contributed by atoms with Gasteiger partial charge in [-0.25, -0.2) is 4.98 Å². The topological polar surface area (TPSA) is 82.0 Å². The Bertz CT molecular complexity index is 898. The molecule has 1 heterocycles. The molecule has 7 heteroatoms. The predicted octanol–water partition coefficient (Wildman–Crippen LogP) is 4.70. The minimum absolute atomic E-state index is 0.00162. The lowest BCUT2D eigenvalue weighted by Crippen LogP contribution is -2.02. The monoisotopic (exact) mass is 333 g/mol. The van der Waals surface area contributed by atoms with Crippen molar-refractivity contribution in [2.75, 3.05) is 5.73 Å². The van der Waals surface area contributed by atoms with Crippen LogP contribution in [-0.2, 0) is 0 Å². The zero-order valence-electron chi connectivity index (χ0n) is 11.1. The number of nitrogens with two attached hydrogens (primary N) is 1. The smallest absolute Gasteiger partial charge is 0.318 e. The number of anilines is 1. The van der Waals surface area contributed by atoms with Gasteiger partial charge in [-0.3, -0.25) is 10.1 Å². The average molecular weight is 334 g/mol. The number of nitrogen functional groups attached to an aromatic ring is 1. The molecule has 0 saturated heterocycles. The fourth-order valence-electron chi connectivity index (χ4n) is 2.29. The first-order chi connectivity index (χ1) is 10.5. The van der Waals surface area contributed by atoms with Crippen LogP contribution in [0.15, 0.2) is 42.5 Å². The van der Waals surface area contributed by atoms with E-state index in [1.54, 1.807) is 24.3 Å². The maximum Gasteiger partial charge on any atom is 0.318 e. The third kappa shape index (κ3) is 2.34. The summed E-state index contributed by atoms with van der Waals surface area (Å²) < 4.78 is 0. The molecule has 0 unspecified atom stereocenters. The molecule has 0 amide bonds. The van der Waals surface area contributed by atoms with Gasteiger partial charge in [-0.15, -0.1) is 0 Å². The van der Waals surface area contributed by atoms with Crippen LogP contribution in [-0.4, -0.2) is 9.91 Å². The van der Waals surface area contributed by atoms with E-state index >= 15 is 0 Å². The number of rotatable bonds is 2. The van der Waals surface area contributed by atoms with E-state index in [1.165, 1.54) is 12.1 Å². The van der Waals surface area contributed by atoms with Crippen LogP contribution in [0.4, 0.5) is 11.4 Å². The average Bonchev–Trinajstić information content (AvgIpc) is 2.48. The van der Waals surface area contributed by atoms with Gasteiger partial charge in [-0.1, -0.05) is 53.5 Å². The van der Waals surface area contributed by atoms with E-state index in [-0.39, 0.29) is 17.1 Å². The Kier molecular flexibility index (Phi) is 3.60. The van der Waals surface area contributed by atoms with Gasteiger partial charge >= 0.3 is 5.69 Å². The molecule has 110 valence electrons. The molecule has 2 aromatic carbocycles. The summed E-state index contributed by atoms with van der Waals surface area (Å²) in [4.78, 5) is 15.3. The van der Waals surface area contributed by atoms with Crippen LogP contribution < -0.4 is 5.73 Å². The first kappa shape index (κ1) is 14.6. The van der Waals surface area contributed by atoms with Crippen molar-refractivity contribution in [1.29, 1.82) is 0 Å². The van der Waals surface area contributed by atoms with Crippen LogP contribution in [0.2, 0.25) is 10.0 Å². The predicted molar refractivity (Wildman–Crippen MR) is 88.3 cm³/mol. The lowest BCUT2D eigenvalue weighted by molar-refractivity contribution is -0.383. The van der Waals surface area contributed by atoms with Gasteiger partial charge in [0, 0.05) is 16.0 Å². The fraction of sp³-hybridized carbons (Fsp3) is 0. The molecule has 3 rings (SSSR count). The molecule has 0 fully saturated rings. The van der Waals surface area contributed by atoms with E-state index in [4.69, 9.17) is 28.9 Å². The van der Waals surface area contributed by atoms with Crippen molar-refractivity contribution in [3.63, 3.8) is 0 Å². The van der Waals surface area contributed by atoms with Gasteiger partial charge in [-0.05, 0) is 12.1 Å². The second-order valence-corrected chi connectivity index (χ2v) is 5.47. The van der Waals surface area contributed by atoms with Crippen molar-refractivity contribution in [2.24, 2.45) is 0 Å². The summed E-state index contributed by atoms with van der Waals surface area (Å²) in [6.45, 7) is 0. The van der Waals surface area contributed by atoms with E-state index in [0.29, 0.717) is 26.5 Å². The molecule has 0 spiro atoms. The number of benzene rings is 2. The highest BCUT2D eigenvalue weighted by molar-refractivity contribution is 6.38. The van der Waals surface area contributed by atoms with Gasteiger partial charge in [0.25, 0.3) is 0 Å². The Morgan fingerprint density at radius 1 is 1.14 bits per heavy atom. The minimum Gasteiger partial charge on any atom is -0.393 e. The van der Waals surface area contributed by atoms with Crippen LogP contribution in [0.3, 0.4) is 0 Å². The molecule has 1 aromatic heterocycles. The van der Waals surface area contributed by atoms with Gasteiger partial charge in [0.05, 0.1) is 15.5 Å². The van der Waals surface area contributed by atoms with Gasteiger partial charge < -0.3 is 5.73 Å².